The maximum absolute atomic E-state index is 11.9. The summed E-state index contributed by atoms with van der Waals surface area (Å²) in [5.41, 5.74) is 0. The van der Waals surface area contributed by atoms with Crippen LogP contribution in [0.3, 0.4) is 0 Å². The number of rotatable bonds is 3. The topological polar surface area (TPSA) is 72.9 Å². The molecular formula is C11H19N3O3S. The predicted octanol–water partition coefficient (Wildman–Crippen LogP) is 0.107. The molecule has 0 aliphatic carbocycles. The molecule has 2 saturated heterocycles. The van der Waals surface area contributed by atoms with Gasteiger partial charge in [0.25, 0.3) is 0 Å². The summed E-state index contributed by atoms with van der Waals surface area (Å²) in [6.45, 7) is 2.70. The zero-order valence-electron chi connectivity index (χ0n) is 10.5. The highest BCUT2D eigenvalue weighted by Gasteiger charge is 2.34. The van der Waals surface area contributed by atoms with Crippen LogP contribution in [0.4, 0.5) is 4.79 Å². The fourth-order valence-corrected chi connectivity index (χ4v) is 3.52. The van der Waals surface area contributed by atoms with Crippen molar-refractivity contribution in [3.05, 3.63) is 0 Å². The van der Waals surface area contributed by atoms with Crippen LogP contribution in [0.1, 0.15) is 6.42 Å². The smallest absolute Gasteiger partial charge is 0.327 e. The highest BCUT2D eigenvalue weighted by Crippen LogP contribution is 2.21. The van der Waals surface area contributed by atoms with E-state index in [-0.39, 0.29) is 6.03 Å². The molecule has 0 aromatic heterocycles. The standard InChI is InChI=1S/C11H19N3O3S/c1-13-3-2-8(5-13)4-12-11(17)14-7-18-6-9(14)10(15)16/h8-9H,2-7H2,1H3,(H,12,17)(H,15,16)/t8?,9-/m0/s1. The second kappa shape index (κ2) is 5.79. The van der Waals surface area contributed by atoms with Gasteiger partial charge in [-0.05, 0) is 25.9 Å². The van der Waals surface area contributed by atoms with E-state index in [1.165, 1.54) is 16.7 Å². The van der Waals surface area contributed by atoms with E-state index in [2.05, 4.69) is 17.3 Å². The van der Waals surface area contributed by atoms with E-state index in [1.807, 2.05) is 0 Å². The first-order valence-electron chi connectivity index (χ1n) is 6.11. The lowest BCUT2D eigenvalue weighted by Gasteiger charge is -2.22. The molecule has 0 aromatic carbocycles. The average molecular weight is 273 g/mol. The fraction of sp³-hybridized carbons (Fsp3) is 0.818. The minimum atomic E-state index is -0.921. The molecule has 0 aromatic rings. The molecule has 2 rings (SSSR count). The SMILES string of the molecule is CN1CCC(CNC(=O)N2CSC[C@H]2C(=O)O)C1. The van der Waals surface area contributed by atoms with Gasteiger partial charge in [-0.25, -0.2) is 9.59 Å². The number of carboxylic acid groups (broad SMARTS) is 1. The third-order valence-electron chi connectivity index (χ3n) is 3.46. The van der Waals surface area contributed by atoms with Gasteiger partial charge in [0, 0.05) is 18.8 Å². The molecular weight excluding hydrogens is 254 g/mol. The number of likely N-dealkylation sites (tertiary alicyclic amines) is 1. The zero-order valence-corrected chi connectivity index (χ0v) is 11.3. The number of carbonyl (C=O) groups excluding carboxylic acids is 1. The van der Waals surface area contributed by atoms with Gasteiger partial charge in [-0.15, -0.1) is 11.8 Å². The van der Waals surface area contributed by atoms with E-state index in [0.29, 0.717) is 24.1 Å². The van der Waals surface area contributed by atoms with Crippen LogP contribution in [0.15, 0.2) is 0 Å². The number of thioether (sulfide) groups is 1. The minimum Gasteiger partial charge on any atom is -0.480 e. The number of nitrogens with zero attached hydrogens (tertiary/aromatic N) is 2. The largest absolute Gasteiger partial charge is 0.480 e. The monoisotopic (exact) mass is 273 g/mol. The van der Waals surface area contributed by atoms with Crippen LogP contribution in [0.5, 0.6) is 0 Å². The Morgan fingerprint density at radius 3 is 2.89 bits per heavy atom. The Morgan fingerprint density at radius 2 is 2.28 bits per heavy atom. The van der Waals surface area contributed by atoms with Gasteiger partial charge in [0.1, 0.15) is 6.04 Å². The molecule has 18 heavy (non-hydrogen) atoms. The fourth-order valence-electron chi connectivity index (χ4n) is 2.37. The Kier molecular flexibility index (Phi) is 4.34. The van der Waals surface area contributed by atoms with Crippen molar-refractivity contribution in [2.24, 2.45) is 5.92 Å². The molecule has 1 unspecified atom stereocenters. The molecule has 2 N–H and O–H groups in total. The van der Waals surface area contributed by atoms with Crippen molar-refractivity contribution >= 4 is 23.8 Å². The molecule has 6 nitrogen and oxygen atoms in total. The summed E-state index contributed by atoms with van der Waals surface area (Å²) >= 11 is 1.48. The quantitative estimate of drug-likeness (QED) is 0.763. The summed E-state index contributed by atoms with van der Waals surface area (Å²) in [6.07, 6.45) is 1.09. The molecule has 0 radical (unpaired) electrons. The second-order valence-corrected chi connectivity index (χ2v) is 5.93. The maximum atomic E-state index is 11.9. The van der Waals surface area contributed by atoms with E-state index < -0.39 is 12.0 Å². The number of amides is 2. The van der Waals surface area contributed by atoms with Crippen LogP contribution in [0.2, 0.25) is 0 Å². The lowest BCUT2D eigenvalue weighted by molar-refractivity contribution is -0.140. The molecule has 0 bridgehead atoms. The third-order valence-corrected chi connectivity index (χ3v) is 4.47. The Hall–Kier alpha value is -0.950. The first-order valence-corrected chi connectivity index (χ1v) is 7.27. The minimum absolute atomic E-state index is 0.248. The van der Waals surface area contributed by atoms with Crippen molar-refractivity contribution in [1.82, 2.24) is 15.1 Å². The number of hydrogen-bond acceptors (Lipinski definition) is 4. The summed E-state index contributed by atoms with van der Waals surface area (Å²) in [4.78, 5) is 26.5. The van der Waals surface area contributed by atoms with Crippen molar-refractivity contribution in [2.75, 3.05) is 38.3 Å². The van der Waals surface area contributed by atoms with Gasteiger partial charge in [-0.2, -0.15) is 0 Å². The van der Waals surface area contributed by atoms with E-state index in [9.17, 15) is 9.59 Å². The van der Waals surface area contributed by atoms with Crippen molar-refractivity contribution in [3.8, 4) is 0 Å². The number of aliphatic carboxylic acids is 1. The number of urea groups is 1. The van der Waals surface area contributed by atoms with Crippen molar-refractivity contribution in [3.63, 3.8) is 0 Å². The summed E-state index contributed by atoms with van der Waals surface area (Å²) in [6, 6.07) is -0.928. The van der Waals surface area contributed by atoms with Gasteiger partial charge >= 0.3 is 12.0 Å². The van der Waals surface area contributed by atoms with Crippen molar-refractivity contribution < 1.29 is 14.7 Å². The Balaban J connectivity index is 1.79. The summed E-state index contributed by atoms with van der Waals surface area (Å²) in [5, 5.41) is 11.9. The first kappa shape index (κ1) is 13.5. The first-order chi connectivity index (χ1) is 8.58. The van der Waals surface area contributed by atoms with Gasteiger partial charge in [0.05, 0.1) is 5.88 Å². The molecule has 2 amide bonds. The zero-order chi connectivity index (χ0) is 13.1. The third kappa shape index (κ3) is 3.08. The number of hydrogen-bond donors (Lipinski definition) is 2. The van der Waals surface area contributed by atoms with Crippen LogP contribution in [-0.4, -0.2) is 71.3 Å². The lowest BCUT2D eigenvalue weighted by atomic mass is 10.1. The Morgan fingerprint density at radius 1 is 1.50 bits per heavy atom. The molecule has 0 saturated carbocycles. The molecule has 2 atom stereocenters. The summed E-state index contributed by atoms with van der Waals surface area (Å²) < 4.78 is 0. The van der Waals surface area contributed by atoms with Crippen LogP contribution in [0, 0.1) is 5.92 Å². The highest BCUT2D eigenvalue weighted by molar-refractivity contribution is 7.99. The van der Waals surface area contributed by atoms with Crippen LogP contribution in [-0.2, 0) is 4.79 Å². The normalized spacial score (nSPS) is 28.6. The summed E-state index contributed by atoms with van der Waals surface area (Å²) in [5.74, 6) is 0.510. The van der Waals surface area contributed by atoms with Gasteiger partial charge in [-0.3, -0.25) is 0 Å². The second-order valence-electron chi connectivity index (χ2n) is 4.93. The predicted molar refractivity (Wildman–Crippen MR) is 69.6 cm³/mol. The van der Waals surface area contributed by atoms with Crippen molar-refractivity contribution in [1.29, 1.82) is 0 Å². The van der Waals surface area contributed by atoms with Gasteiger partial charge in [0.15, 0.2) is 0 Å². The van der Waals surface area contributed by atoms with E-state index in [4.69, 9.17) is 5.11 Å². The molecule has 7 heteroatoms. The number of carbonyl (C=O) groups is 2. The van der Waals surface area contributed by atoms with Crippen molar-refractivity contribution in [2.45, 2.75) is 12.5 Å². The van der Waals surface area contributed by atoms with Crippen LogP contribution < -0.4 is 5.32 Å². The van der Waals surface area contributed by atoms with E-state index in [1.54, 1.807) is 0 Å². The lowest BCUT2D eigenvalue weighted by Crippen LogP contribution is -2.48. The maximum Gasteiger partial charge on any atom is 0.327 e. The Labute approximate surface area is 111 Å². The summed E-state index contributed by atoms with van der Waals surface area (Å²) in [7, 11) is 2.07. The number of carboxylic acids is 1. The molecule has 2 aliphatic heterocycles. The van der Waals surface area contributed by atoms with Gasteiger partial charge in [0.2, 0.25) is 0 Å². The average Bonchev–Trinajstić information content (AvgIpc) is 2.94. The highest BCUT2D eigenvalue weighted by atomic mass is 32.2. The molecule has 2 heterocycles. The molecule has 0 spiro atoms. The van der Waals surface area contributed by atoms with E-state index >= 15 is 0 Å². The van der Waals surface area contributed by atoms with Gasteiger partial charge in [-0.1, -0.05) is 0 Å². The number of nitrogens with one attached hydrogen (secondary N) is 1. The molecule has 2 fully saturated rings. The Bertz CT molecular complexity index is 339. The van der Waals surface area contributed by atoms with E-state index in [0.717, 1.165) is 19.5 Å². The molecule has 102 valence electrons. The molecule has 2 aliphatic rings. The van der Waals surface area contributed by atoms with Crippen LogP contribution in [0.25, 0.3) is 0 Å². The van der Waals surface area contributed by atoms with Gasteiger partial charge < -0.3 is 20.2 Å². The van der Waals surface area contributed by atoms with Crippen LogP contribution >= 0.6 is 11.8 Å².